The Balaban J connectivity index is 1.71. The number of esters is 1. The van der Waals surface area contributed by atoms with Crippen molar-refractivity contribution in [2.24, 2.45) is 5.92 Å². The van der Waals surface area contributed by atoms with Crippen LogP contribution in [0.3, 0.4) is 0 Å². The molecular weight excluding hydrogens is 335 g/mol. The summed E-state index contributed by atoms with van der Waals surface area (Å²) in [5.41, 5.74) is 1.39. The molecule has 3 rings (SSSR count). The summed E-state index contributed by atoms with van der Waals surface area (Å²) in [6, 6.07) is 8.06. The van der Waals surface area contributed by atoms with Gasteiger partial charge in [0.25, 0.3) is 5.91 Å². The van der Waals surface area contributed by atoms with Crippen LogP contribution in [-0.4, -0.2) is 41.5 Å². The standard InChI is InChI=1S/C20H21FN2O3/c1-2-26-20(25)14-7-9-23(10-8-14)19(24)16-11-15(12-22-13-16)17-5-3-4-6-18(17)21/h3-6,11-14H,2,7-10H2,1H3. The number of rotatable bonds is 4. The van der Waals surface area contributed by atoms with E-state index < -0.39 is 0 Å². The van der Waals surface area contributed by atoms with Crippen LogP contribution in [0.4, 0.5) is 4.39 Å². The highest BCUT2D eigenvalue weighted by Crippen LogP contribution is 2.24. The van der Waals surface area contributed by atoms with E-state index in [2.05, 4.69) is 4.98 Å². The van der Waals surface area contributed by atoms with E-state index in [4.69, 9.17) is 4.74 Å². The van der Waals surface area contributed by atoms with Gasteiger partial charge in [-0.15, -0.1) is 0 Å². The van der Waals surface area contributed by atoms with E-state index in [1.54, 1.807) is 42.3 Å². The van der Waals surface area contributed by atoms with Crippen LogP contribution >= 0.6 is 0 Å². The summed E-state index contributed by atoms with van der Waals surface area (Å²) < 4.78 is 19.0. The van der Waals surface area contributed by atoms with Crippen LogP contribution in [0.2, 0.25) is 0 Å². The van der Waals surface area contributed by atoms with Gasteiger partial charge in [-0.2, -0.15) is 0 Å². The molecule has 0 atom stereocenters. The Kier molecular flexibility index (Phi) is 5.61. The lowest BCUT2D eigenvalue weighted by Gasteiger charge is -2.30. The molecule has 1 saturated heterocycles. The highest BCUT2D eigenvalue weighted by atomic mass is 19.1. The summed E-state index contributed by atoms with van der Waals surface area (Å²) >= 11 is 0. The van der Waals surface area contributed by atoms with Gasteiger partial charge in [0.05, 0.1) is 18.1 Å². The summed E-state index contributed by atoms with van der Waals surface area (Å²) in [7, 11) is 0. The summed E-state index contributed by atoms with van der Waals surface area (Å²) in [4.78, 5) is 30.4. The maximum absolute atomic E-state index is 14.0. The smallest absolute Gasteiger partial charge is 0.309 e. The third-order valence-corrected chi connectivity index (χ3v) is 4.57. The lowest BCUT2D eigenvalue weighted by molar-refractivity contribution is -0.149. The molecule has 0 bridgehead atoms. The fourth-order valence-corrected chi connectivity index (χ4v) is 3.16. The zero-order chi connectivity index (χ0) is 18.5. The predicted octanol–water partition coefficient (Wildman–Crippen LogP) is 3.30. The summed E-state index contributed by atoms with van der Waals surface area (Å²) in [5, 5.41) is 0. The molecular formula is C20H21FN2O3. The average molecular weight is 356 g/mol. The molecule has 2 aromatic rings. The number of halogens is 1. The number of hydrogen-bond acceptors (Lipinski definition) is 4. The van der Waals surface area contributed by atoms with Crippen molar-refractivity contribution in [3.63, 3.8) is 0 Å². The Bertz CT molecular complexity index is 801. The fourth-order valence-electron chi connectivity index (χ4n) is 3.16. The van der Waals surface area contributed by atoms with Gasteiger partial charge < -0.3 is 9.64 Å². The first kappa shape index (κ1) is 18.0. The summed E-state index contributed by atoms with van der Waals surface area (Å²) in [6.45, 7) is 3.14. The van der Waals surface area contributed by atoms with E-state index >= 15 is 0 Å². The molecule has 26 heavy (non-hydrogen) atoms. The Morgan fingerprint density at radius 2 is 1.96 bits per heavy atom. The van der Waals surface area contributed by atoms with Crippen molar-refractivity contribution in [1.29, 1.82) is 0 Å². The van der Waals surface area contributed by atoms with Gasteiger partial charge in [0.1, 0.15) is 5.82 Å². The number of aromatic nitrogens is 1. The third-order valence-electron chi connectivity index (χ3n) is 4.57. The van der Waals surface area contributed by atoms with Crippen LogP contribution in [0.15, 0.2) is 42.7 Å². The van der Waals surface area contributed by atoms with E-state index in [0.717, 1.165) is 0 Å². The van der Waals surface area contributed by atoms with E-state index in [1.165, 1.54) is 12.3 Å². The highest BCUT2D eigenvalue weighted by Gasteiger charge is 2.28. The zero-order valence-corrected chi connectivity index (χ0v) is 14.7. The molecule has 0 aliphatic carbocycles. The van der Waals surface area contributed by atoms with Gasteiger partial charge in [-0.05, 0) is 31.9 Å². The van der Waals surface area contributed by atoms with E-state index in [1.807, 2.05) is 0 Å². The van der Waals surface area contributed by atoms with Crippen LogP contribution in [0.1, 0.15) is 30.1 Å². The molecule has 0 saturated carbocycles. The minimum Gasteiger partial charge on any atom is -0.466 e. The molecule has 0 N–H and O–H groups in total. The van der Waals surface area contributed by atoms with Crippen LogP contribution in [0.25, 0.3) is 11.1 Å². The van der Waals surface area contributed by atoms with E-state index in [9.17, 15) is 14.0 Å². The van der Waals surface area contributed by atoms with Gasteiger partial charge in [-0.3, -0.25) is 14.6 Å². The van der Waals surface area contributed by atoms with Gasteiger partial charge in [0.15, 0.2) is 0 Å². The van der Waals surface area contributed by atoms with Gasteiger partial charge >= 0.3 is 5.97 Å². The second kappa shape index (κ2) is 8.08. The molecule has 0 radical (unpaired) electrons. The van der Waals surface area contributed by atoms with Gasteiger partial charge in [-0.25, -0.2) is 4.39 Å². The van der Waals surface area contributed by atoms with Crippen molar-refractivity contribution in [1.82, 2.24) is 9.88 Å². The SMILES string of the molecule is CCOC(=O)C1CCN(C(=O)c2cncc(-c3ccccc3F)c2)CC1. The van der Waals surface area contributed by atoms with Crippen molar-refractivity contribution in [3.8, 4) is 11.1 Å². The minimum atomic E-state index is -0.353. The number of hydrogen-bond donors (Lipinski definition) is 0. The number of carbonyl (C=O) groups is 2. The van der Waals surface area contributed by atoms with Crippen molar-refractivity contribution in [2.45, 2.75) is 19.8 Å². The first-order chi connectivity index (χ1) is 12.6. The number of likely N-dealkylation sites (tertiary alicyclic amines) is 1. The number of benzene rings is 1. The van der Waals surface area contributed by atoms with Crippen molar-refractivity contribution in [3.05, 3.63) is 54.1 Å². The second-order valence-corrected chi connectivity index (χ2v) is 6.26. The van der Waals surface area contributed by atoms with Gasteiger partial charge in [0.2, 0.25) is 0 Å². The van der Waals surface area contributed by atoms with E-state index in [-0.39, 0.29) is 23.6 Å². The van der Waals surface area contributed by atoms with Crippen LogP contribution in [0, 0.1) is 11.7 Å². The molecule has 136 valence electrons. The number of pyridine rings is 1. The normalized spacial score (nSPS) is 14.9. The van der Waals surface area contributed by atoms with Crippen LogP contribution < -0.4 is 0 Å². The Hall–Kier alpha value is -2.76. The van der Waals surface area contributed by atoms with Crippen LogP contribution in [0.5, 0.6) is 0 Å². The first-order valence-corrected chi connectivity index (χ1v) is 8.76. The maximum Gasteiger partial charge on any atom is 0.309 e. The zero-order valence-electron chi connectivity index (χ0n) is 14.7. The van der Waals surface area contributed by atoms with Crippen molar-refractivity contribution >= 4 is 11.9 Å². The van der Waals surface area contributed by atoms with E-state index in [0.29, 0.717) is 49.2 Å². The number of amides is 1. The average Bonchev–Trinajstić information content (AvgIpc) is 2.68. The molecule has 1 aromatic carbocycles. The molecule has 1 fully saturated rings. The lowest BCUT2D eigenvalue weighted by Crippen LogP contribution is -2.40. The number of ether oxygens (including phenoxy) is 1. The Morgan fingerprint density at radius 1 is 1.23 bits per heavy atom. The third kappa shape index (κ3) is 3.90. The van der Waals surface area contributed by atoms with Crippen molar-refractivity contribution in [2.75, 3.05) is 19.7 Å². The molecule has 1 aromatic heterocycles. The Labute approximate surface area is 151 Å². The number of piperidine rings is 1. The highest BCUT2D eigenvalue weighted by molar-refractivity contribution is 5.95. The fraction of sp³-hybridized carbons (Fsp3) is 0.350. The molecule has 1 aliphatic heterocycles. The van der Waals surface area contributed by atoms with Crippen LogP contribution in [-0.2, 0) is 9.53 Å². The van der Waals surface area contributed by atoms with Gasteiger partial charge in [-0.1, -0.05) is 18.2 Å². The largest absolute Gasteiger partial charge is 0.466 e. The Morgan fingerprint density at radius 3 is 2.65 bits per heavy atom. The minimum absolute atomic E-state index is 0.151. The summed E-state index contributed by atoms with van der Waals surface area (Å²) in [5.74, 6) is -0.850. The number of nitrogens with zero attached hydrogens (tertiary/aromatic N) is 2. The second-order valence-electron chi connectivity index (χ2n) is 6.26. The monoisotopic (exact) mass is 356 g/mol. The summed E-state index contributed by atoms with van der Waals surface area (Å²) in [6.07, 6.45) is 4.21. The number of carbonyl (C=O) groups excluding carboxylic acids is 2. The lowest BCUT2D eigenvalue weighted by atomic mass is 9.96. The molecule has 5 nitrogen and oxygen atoms in total. The molecule has 6 heteroatoms. The van der Waals surface area contributed by atoms with Gasteiger partial charge in [0, 0.05) is 36.6 Å². The topological polar surface area (TPSA) is 59.5 Å². The molecule has 0 spiro atoms. The predicted molar refractivity (Wildman–Crippen MR) is 94.9 cm³/mol. The molecule has 2 heterocycles. The first-order valence-electron chi connectivity index (χ1n) is 8.76. The molecule has 1 amide bonds. The maximum atomic E-state index is 14.0. The molecule has 0 unspecified atom stereocenters. The molecule has 1 aliphatic rings. The van der Waals surface area contributed by atoms with Crippen molar-refractivity contribution < 1.29 is 18.7 Å². The quantitative estimate of drug-likeness (QED) is 0.789.